The lowest BCUT2D eigenvalue weighted by atomic mass is 10.1. The number of halogens is 3. The third-order valence-electron chi connectivity index (χ3n) is 3.32. The van der Waals surface area contributed by atoms with Crippen molar-refractivity contribution < 1.29 is 9.90 Å². The monoisotopic (exact) mass is 417 g/mol. The van der Waals surface area contributed by atoms with Gasteiger partial charge >= 0.3 is 5.97 Å². The van der Waals surface area contributed by atoms with E-state index in [-0.39, 0.29) is 23.2 Å². The molecule has 1 aromatic carbocycles. The van der Waals surface area contributed by atoms with Gasteiger partial charge in [0.2, 0.25) is 9.74 Å². The summed E-state index contributed by atoms with van der Waals surface area (Å²) in [4.78, 5) is 25.9. The third kappa shape index (κ3) is 5.95. The molecule has 2 aromatic rings. The molecule has 0 atom stereocenters. The molecule has 10 heteroatoms. The first-order chi connectivity index (χ1) is 12.2. The maximum atomic E-state index is 11.2. The van der Waals surface area contributed by atoms with Gasteiger partial charge in [0, 0.05) is 12.1 Å². The fourth-order valence-electron chi connectivity index (χ4n) is 2.10. The summed E-state index contributed by atoms with van der Waals surface area (Å²) in [6, 6.07) is 6.21. The predicted octanol–water partition coefficient (Wildman–Crippen LogP) is 3.43. The molecule has 0 bridgehead atoms. The predicted molar refractivity (Wildman–Crippen MR) is 103 cm³/mol. The minimum atomic E-state index is -1.83. The zero-order valence-corrected chi connectivity index (χ0v) is 16.5. The molecule has 0 spiro atoms. The summed E-state index contributed by atoms with van der Waals surface area (Å²) in [5.41, 5.74) is 0.595. The van der Waals surface area contributed by atoms with Crippen molar-refractivity contribution in [2.75, 3.05) is 32.5 Å². The lowest BCUT2D eigenvalue weighted by Gasteiger charge is -2.14. The van der Waals surface area contributed by atoms with E-state index in [0.29, 0.717) is 12.1 Å². The van der Waals surface area contributed by atoms with E-state index in [1.807, 2.05) is 14.1 Å². The summed E-state index contributed by atoms with van der Waals surface area (Å²) in [5.74, 6) is -0.608. The second-order valence-electron chi connectivity index (χ2n) is 5.77. The van der Waals surface area contributed by atoms with Gasteiger partial charge < -0.3 is 15.3 Å². The number of hydrogen-bond donors (Lipinski definition) is 2. The lowest BCUT2D eigenvalue weighted by molar-refractivity contribution is 0.0697. The summed E-state index contributed by atoms with van der Waals surface area (Å²) >= 11 is 17.8. The second kappa shape index (κ2) is 8.81. The summed E-state index contributed by atoms with van der Waals surface area (Å²) < 4.78 is -1.83. The van der Waals surface area contributed by atoms with Gasteiger partial charge in [0.25, 0.3) is 0 Å². The average Bonchev–Trinajstić information content (AvgIpc) is 2.57. The molecule has 2 rings (SSSR count). The van der Waals surface area contributed by atoms with Crippen molar-refractivity contribution in [3.8, 4) is 11.4 Å². The van der Waals surface area contributed by atoms with Crippen molar-refractivity contribution in [3.63, 3.8) is 0 Å². The molecule has 26 heavy (non-hydrogen) atoms. The highest BCUT2D eigenvalue weighted by Crippen LogP contribution is 2.36. The Kier molecular flexibility index (Phi) is 7.00. The van der Waals surface area contributed by atoms with Crippen LogP contribution in [0.15, 0.2) is 24.3 Å². The van der Waals surface area contributed by atoms with E-state index in [1.165, 1.54) is 12.1 Å². The maximum absolute atomic E-state index is 11.2. The SMILES string of the molecule is CN(C)CCCNc1nc(-c2cccc(C(=O)O)c2)nc(C(Cl)(Cl)Cl)n1. The highest BCUT2D eigenvalue weighted by Gasteiger charge is 2.28. The Morgan fingerprint density at radius 1 is 1.23 bits per heavy atom. The fraction of sp³-hybridized carbons (Fsp3) is 0.375. The molecule has 0 aliphatic carbocycles. The Morgan fingerprint density at radius 2 is 1.96 bits per heavy atom. The van der Waals surface area contributed by atoms with Gasteiger partial charge in [0.05, 0.1) is 5.56 Å². The molecule has 0 aliphatic rings. The van der Waals surface area contributed by atoms with Crippen molar-refractivity contribution in [1.82, 2.24) is 19.9 Å². The lowest BCUT2D eigenvalue weighted by Crippen LogP contribution is -2.18. The minimum absolute atomic E-state index is 0.0386. The van der Waals surface area contributed by atoms with Crippen molar-refractivity contribution in [2.45, 2.75) is 10.2 Å². The molecule has 0 aliphatic heterocycles. The van der Waals surface area contributed by atoms with Crippen LogP contribution in [0, 0.1) is 0 Å². The number of alkyl halides is 3. The number of benzene rings is 1. The quantitative estimate of drug-likeness (QED) is 0.526. The van der Waals surface area contributed by atoms with Gasteiger partial charge in [-0.15, -0.1) is 0 Å². The first-order valence-corrected chi connectivity index (χ1v) is 8.86. The van der Waals surface area contributed by atoms with Gasteiger partial charge in [-0.05, 0) is 39.2 Å². The highest BCUT2D eigenvalue weighted by molar-refractivity contribution is 6.66. The van der Waals surface area contributed by atoms with Gasteiger partial charge in [-0.25, -0.2) is 9.78 Å². The number of hydrogen-bond acceptors (Lipinski definition) is 6. The van der Waals surface area contributed by atoms with Gasteiger partial charge in [-0.2, -0.15) is 9.97 Å². The molecule has 1 heterocycles. The Labute approximate surface area is 166 Å². The number of carboxylic acids is 1. The standard InChI is InChI=1S/C16H18Cl3N5O2/c1-24(2)8-4-7-20-15-22-12(21-14(23-15)16(17,18)19)10-5-3-6-11(9-10)13(25)26/h3,5-6,9H,4,7-8H2,1-2H3,(H,25,26)(H,20,21,22,23). The number of aromatic nitrogens is 3. The Balaban J connectivity index is 2.34. The molecule has 0 radical (unpaired) electrons. The normalized spacial score (nSPS) is 11.6. The second-order valence-corrected chi connectivity index (χ2v) is 8.05. The van der Waals surface area contributed by atoms with Crippen LogP contribution in [0.4, 0.5) is 5.95 Å². The van der Waals surface area contributed by atoms with E-state index < -0.39 is 9.76 Å². The van der Waals surface area contributed by atoms with Crippen LogP contribution >= 0.6 is 34.8 Å². The minimum Gasteiger partial charge on any atom is -0.478 e. The number of aromatic carboxylic acids is 1. The molecule has 140 valence electrons. The number of nitrogens with zero attached hydrogens (tertiary/aromatic N) is 4. The van der Waals surface area contributed by atoms with Crippen LogP contribution < -0.4 is 5.32 Å². The molecule has 2 N–H and O–H groups in total. The van der Waals surface area contributed by atoms with Crippen molar-refractivity contribution in [2.24, 2.45) is 0 Å². The third-order valence-corrected chi connectivity index (χ3v) is 3.83. The van der Waals surface area contributed by atoms with E-state index in [2.05, 4.69) is 25.2 Å². The first-order valence-electron chi connectivity index (χ1n) is 7.72. The first kappa shape index (κ1) is 20.6. The Morgan fingerprint density at radius 3 is 2.58 bits per heavy atom. The number of carbonyl (C=O) groups is 1. The van der Waals surface area contributed by atoms with Crippen molar-refractivity contribution in [1.29, 1.82) is 0 Å². The number of carboxylic acid groups (broad SMARTS) is 1. The summed E-state index contributed by atoms with van der Waals surface area (Å²) in [6.07, 6.45) is 0.867. The van der Waals surface area contributed by atoms with Crippen LogP contribution in [0.2, 0.25) is 0 Å². The van der Waals surface area contributed by atoms with Crippen molar-refractivity contribution in [3.05, 3.63) is 35.7 Å². The summed E-state index contributed by atoms with van der Waals surface area (Å²) in [7, 11) is 3.97. The van der Waals surface area contributed by atoms with Crippen LogP contribution in [-0.4, -0.2) is 58.1 Å². The van der Waals surface area contributed by atoms with Crippen LogP contribution in [0.25, 0.3) is 11.4 Å². The van der Waals surface area contributed by atoms with E-state index in [9.17, 15) is 4.79 Å². The van der Waals surface area contributed by atoms with E-state index in [0.717, 1.165) is 13.0 Å². The zero-order chi connectivity index (χ0) is 19.3. The van der Waals surface area contributed by atoms with E-state index >= 15 is 0 Å². The average molecular weight is 419 g/mol. The molecular formula is C16H18Cl3N5O2. The maximum Gasteiger partial charge on any atom is 0.335 e. The van der Waals surface area contributed by atoms with Crippen LogP contribution in [0.1, 0.15) is 22.6 Å². The molecule has 7 nitrogen and oxygen atoms in total. The number of nitrogens with one attached hydrogen (secondary N) is 1. The molecule has 1 aromatic heterocycles. The summed E-state index contributed by atoms with van der Waals surface area (Å²) in [6.45, 7) is 1.51. The summed E-state index contributed by atoms with van der Waals surface area (Å²) in [5, 5.41) is 12.2. The van der Waals surface area contributed by atoms with Gasteiger partial charge in [0.15, 0.2) is 11.6 Å². The smallest absolute Gasteiger partial charge is 0.335 e. The van der Waals surface area contributed by atoms with Gasteiger partial charge in [0.1, 0.15) is 0 Å². The zero-order valence-electron chi connectivity index (χ0n) is 14.2. The fourth-order valence-corrected chi connectivity index (χ4v) is 2.35. The van der Waals surface area contributed by atoms with Crippen LogP contribution in [0.5, 0.6) is 0 Å². The number of anilines is 1. The van der Waals surface area contributed by atoms with E-state index in [1.54, 1.807) is 12.1 Å². The molecule has 0 saturated carbocycles. The van der Waals surface area contributed by atoms with Crippen molar-refractivity contribution >= 4 is 46.7 Å². The van der Waals surface area contributed by atoms with Gasteiger partial charge in [-0.3, -0.25) is 0 Å². The van der Waals surface area contributed by atoms with E-state index in [4.69, 9.17) is 39.9 Å². The molecule has 0 unspecified atom stereocenters. The highest BCUT2D eigenvalue weighted by atomic mass is 35.6. The largest absolute Gasteiger partial charge is 0.478 e. The topological polar surface area (TPSA) is 91.2 Å². The Hall–Kier alpha value is -1.67. The molecule has 0 saturated heterocycles. The molecule has 0 fully saturated rings. The Bertz CT molecular complexity index is 781. The molecular weight excluding hydrogens is 401 g/mol. The molecule has 0 amide bonds. The van der Waals surface area contributed by atoms with Crippen LogP contribution in [-0.2, 0) is 3.79 Å². The van der Waals surface area contributed by atoms with Crippen LogP contribution in [0.3, 0.4) is 0 Å². The van der Waals surface area contributed by atoms with Gasteiger partial charge in [-0.1, -0.05) is 46.9 Å². The number of rotatable bonds is 7.